The molecule has 1 aliphatic heterocycles. The predicted molar refractivity (Wildman–Crippen MR) is 59.2 cm³/mol. The summed E-state index contributed by atoms with van der Waals surface area (Å²) in [6.07, 6.45) is 1.21. The van der Waals surface area contributed by atoms with Crippen LogP contribution in [-0.4, -0.2) is 37.2 Å². The molecule has 1 aliphatic rings. The number of carbonyl (C=O) groups excluding carboxylic acids is 1. The summed E-state index contributed by atoms with van der Waals surface area (Å²) >= 11 is 0. The molecular weight excluding hydrogens is 206 g/mol. The van der Waals surface area contributed by atoms with Gasteiger partial charge in [-0.15, -0.1) is 0 Å². The van der Waals surface area contributed by atoms with E-state index in [0.29, 0.717) is 0 Å². The Bertz CT molecular complexity index is 395. The minimum atomic E-state index is -0.552. The van der Waals surface area contributed by atoms with Crippen LogP contribution in [0.2, 0.25) is 0 Å². The van der Waals surface area contributed by atoms with Crippen molar-refractivity contribution in [1.82, 2.24) is 4.98 Å². The maximum atomic E-state index is 11.0. The average Bonchev–Trinajstić information content (AvgIpc) is 2.77. The second-order valence-electron chi connectivity index (χ2n) is 3.75. The summed E-state index contributed by atoms with van der Waals surface area (Å²) in [5.74, 6) is 0.205. The number of hydrogen-bond donors (Lipinski definition) is 1. The first kappa shape index (κ1) is 10.9. The van der Waals surface area contributed by atoms with Gasteiger partial charge in [-0.25, -0.2) is 4.98 Å². The van der Waals surface area contributed by atoms with E-state index < -0.39 is 5.91 Å². The van der Waals surface area contributed by atoms with Crippen molar-refractivity contribution in [2.75, 3.05) is 25.1 Å². The summed E-state index contributed by atoms with van der Waals surface area (Å²) in [5.41, 5.74) is 5.34. The number of rotatable bonds is 3. The van der Waals surface area contributed by atoms with Crippen molar-refractivity contribution >= 4 is 11.7 Å². The molecule has 2 rings (SSSR count). The highest BCUT2D eigenvalue weighted by molar-refractivity contribution is 5.90. The molecule has 1 amide bonds. The summed E-state index contributed by atoms with van der Waals surface area (Å²) in [5, 5.41) is 0. The maximum absolute atomic E-state index is 11.0. The zero-order chi connectivity index (χ0) is 11.5. The Morgan fingerprint density at radius 1 is 1.75 bits per heavy atom. The molecule has 16 heavy (non-hydrogen) atoms. The van der Waals surface area contributed by atoms with Crippen LogP contribution in [-0.2, 0) is 4.74 Å². The van der Waals surface area contributed by atoms with Gasteiger partial charge in [0.2, 0.25) is 0 Å². The van der Waals surface area contributed by atoms with Crippen LogP contribution in [0.4, 0.5) is 5.82 Å². The standard InChI is InChI=1S/C11H14N3O2/c1-16-8-5-6-14(7-8)10-4-2-3-9(13-10)11(12)15/h2,4,8H,5-7H2,1H3,(H2,12,15). The van der Waals surface area contributed by atoms with Crippen LogP contribution in [0.3, 0.4) is 0 Å². The molecule has 0 bridgehead atoms. The largest absolute Gasteiger partial charge is 0.380 e. The Hall–Kier alpha value is -1.62. The molecule has 1 unspecified atom stereocenters. The van der Waals surface area contributed by atoms with E-state index in [-0.39, 0.29) is 11.8 Å². The van der Waals surface area contributed by atoms with Gasteiger partial charge in [0.1, 0.15) is 11.5 Å². The van der Waals surface area contributed by atoms with Gasteiger partial charge in [0.15, 0.2) is 0 Å². The number of pyridine rings is 1. The first-order valence-electron chi connectivity index (χ1n) is 5.17. The number of methoxy groups -OCH3 is 1. The van der Waals surface area contributed by atoms with Crippen molar-refractivity contribution in [2.45, 2.75) is 12.5 Å². The number of nitrogens with two attached hydrogens (primary N) is 1. The summed E-state index contributed by atoms with van der Waals surface area (Å²) in [6, 6.07) is 6.21. The first-order chi connectivity index (χ1) is 7.70. The highest BCUT2D eigenvalue weighted by Crippen LogP contribution is 2.19. The lowest BCUT2D eigenvalue weighted by Gasteiger charge is -2.17. The normalized spacial score (nSPS) is 20.1. The molecule has 0 aromatic carbocycles. The van der Waals surface area contributed by atoms with Crippen molar-refractivity contribution in [2.24, 2.45) is 5.73 Å². The van der Waals surface area contributed by atoms with E-state index in [1.807, 2.05) is 6.07 Å². The number of aromatic nitrogens is 1. The van der Waals surface area contributed by atoms with Crippen molar-refractivity contribution in [3.8, 4) is 0 Å². The monoisotopic (exact) mass is 220 g/mol. The van der Waals surface area contributed by atoms with E-state index in [4.69, 9.17) is 10.5 Å². The third kappa shape index (κ3) is 2.14. The van der Waals surface area contributed by atoms with Crippen LogP contribution >= 0.6 is 0 Å². The number of anilines is 1. The molecule has 1 fully saturated rings. The zero-order valence-electron chi connectivity index (χ0n) is 9.14. The van der Waals surface area contributed by atoms with Crippen molar-refractivity contribution in [3.05, 3.63) is 23.9 Å². The van der Waals surface area contributed by atoms with Gasteiger partial charge in [0, 0.05) is 26.3 Å². The lowest BCUT2D eigenvalue weighted by Crippen LogP contribution is -2.24. The van der Waals surface area contributed by atoms with Crippen LogP contribution in [0.1, 0.15) is 16.9 Å². The lowest BCUT2D eigenvalue weighted by molar-refractivity contribution is 0.0995. The van der Waals surface area contributed by atoms with Crippen molar-refractivity contribution in [3.63, 3.8) is 0 Å². The summed E-state index contributed by atoms with van der Waals surface area (Å²) in [7, 11) is 1.70. The van der Waals surface area contributed by atoms with Crippen molar-refractivity contribution < 1.29 is 9.53 Å². The summed E-state index contributed by atoms with van der Waals surface area (Å²) in [4.78, 5) is 17.2. The molecule has 85 valence electrons. The minimum absolute atomic E-state index is 0.179. The van der Waals surface area contributed by atoms with E-state index in [9.17, 15) is 4.79 Å². The van der Waals surface area contributed by atoms with E-state index in [2.05, 4.69) is 16.0 Å². The second kappa shape index (κ2) is 4.49. The Balaban J connectivity index is 2.15. The fourth-order valence-corrected chi connectivity index (χ4v) is 1.81. The number of primary amides is 1. The van der Waals surface area contributed by atoms with Gasteiger partial charge >= 0.3 is 0 Å². The molecule has 0 saturated carbocycles. The highest BCUT2D eigenvalue weighted by atomic mass is 16.5. The van der Waals surface area contributed by atoms with Gasteiger partial charge in [-0.05, 0) is 18.6 Å². The Kier molecular flexibility index (Phi) is 3.05. The quantitative estimate of drug-likeness (QED) is 0.790. The number of ether oxygens (including phenoxy) is 1. The topological polar surface area (TPSA) is 68.5 Å². The Morgan fingerprint density at radius 2 is 2.56 bits per heavy atom. The molecule has 1 aromatic rings. The van der Waals surface area contributed by atoms with Gasteiger partial charge in [-0.2, -0.15) is 0 Å². The number of hydrogen-bond acceptors (Lipinski definition) is 4. The van der Waals surface area contributed by atoms with Gasteiger partial charge in [-0.1, -0.05) is 0 Å². The second-order valence-corrected chi connectivity index (χ2v) is 3.75. The predicted octanol–water partition coefficient (Wildman–Crippen LogP) is 0.206. The minimum Gasteiger partial charge on any atom is -0.380 e. The fourth-order valence-electron chi connectivity index (χ4n) is 1.81. The molecule has 1 atom stereocenters. The average molecular weight is 220 g/mol. The molecule has 5 nitrogen and oxygen atoms in total. The van der Waals surface area contributed by atoms with Crippen molar-refractivity contribution in [1.29, 1.82) is 0 Å². The highest BCUT2D eigenvalue weighted by Gasteiger charge is 2.23. The van der Waals surface area contributed by atoms with Gasteiger partial charge in [-0.3, -0.25) is 4.79 Å². The Labute approximate surface area is 94.2 Å². The number of carbonyl (C=O) groups is 1. The maximum Gasteiger partial charge on any atom is 0.268 e. The molecule has 2 heterocycles. The molecule has 1 radical (unpaired) electrons. The van der Waals surface area contributed by atoms with Gasteiger partial charge in [0.25, 0.3) is 5.91 Å². The molecule has 2 N–H and O–H groups in total. The third-order valence-electron chi connectivity index (χ3n) is 2.71. The number of nitrogens with zero attached hydrogens (tertiary/aromatic N) is 2. The van der Waals surface area contributed by atoms with Crippen LogP contribution < -0.4 is 10.6 Å². The molecular formula is C11H14N3O2. The van der Waals surface area contributed by atoms with Gasteiger partial charge < -0.3 is 15.4 Å². The zero-order valence-corrected chi connectivity index (χ0v) is 9.14. The smallest absolute Gasteiger partial charge is 0.268 e. The van der Waals surface area contributed by atoms with Crippen LogP contribution in [0, 0.1) is 6.07 Å². The molecule has 5 heteroatoms. The van der Waals surface area contributed by atoms with Crippen LogP contribution in [0.25, 0.3) is 0 Å². The van der Waals surface area contributed by atoms with Crippen LogP contribution in [0.15, 0.2) is 12.1 Å². The number of amides is 1. The third-order valence-corrected chi connectivity index (χ3v) is 2.71. The fraction of sp³-hybridized carbons (Fsp3) is 0.455. The molecule has 1 saturated heterocycles. The van der Waals surface area contributed by atoms with Gasteiger partial charge in [0.05, 0.1) is 6.10 Å². The summed E-state index contributed by atoms with van der Waals surface area (Å²) < 4.78 is 5.27. The molecule has 0 aliphatic carbocycles. The summed E-state index contributed by atoms with van der Waals surface area (Å²) in [6.45, 7) is 1.68. The van der Waals surface area contributed by atoms with E-state index in [1.54, 1.807) is 13.2 Å². The van der Waals surface area contributed by atoms with E-state index >= 15 is 0 Å². The Morgan fingerprint density at radius 3 is 3.19 bits per heavy atom. The SMILES string of the molecule is COC1CCN(c2cc[c]c(C(N)=O)n2)C1. The molecule has 1 aromatic heterocycles. The first-order valence-corrected chi connectivity index (χ1v) is 5.17. The van der Waals surface area contributed by atoms with E-state index in [0.717, 1.165) is 25.3 Å². The van der Waals surface area contributed by atoms with Crippen LogP contribution in [0.5, 0.6) is 0 Å². The lowest BCUT2D eigenvalue weighted by atomic mass is 10.3. The molecule has 0 spiro atoms. The van der Waals surface area contributed by atoms with E-state index in [1.165, 1.54) is 0 Å².